The molecule has 2 rings (SSSR count). The van der Waals surface area contributed by atoms with Gasteiger partial charge in [-0.25, -0.2) is 9.48 Å². The minimum Gasteiger partial charge on any atom is -0.465 e. The molecule has 0 radical (unpaired) electrons. The number of aromatic nitrogens is 2. The van der Waals surface area contributed by atoms with Gasteiger partial charge < -0.3 is 4.74 Å². The zero-order chi connectivity index (χ0) is 13.1. The highest BCUT2D eigenvalue weighted by Crippen LogP contribution is 2.23. The molecule has 1 heterocycles. The lowest BCUT2D eigenvalue weighted by Crippen LogP contribution is -2.06. The molecule has 1 aromatic heterocycles. The van der Waals surface area contributed by atoms with Gasteiger partial charge in [0.05, 0.1) is 17.6 Å². The van der Waals surface area contributed by atoms with E-state index in [1.54, 1.807) is 12.3 Å². The summed E-state index contributed by atoms with van der Waals surface area (Å²) in [4.78, 5) is 21.8. The highest BCUT2D eigenvalue weighted by atomic mass is 16.6. The largest absolute Gasteiger partial charge is 0.465 e. The molecule has 0 aliphatic heterocycles. The van der Waals surface area contributed by atoms with Gasteiger partial charge in [-0.1, -0.05) is 0 Å². The van der Waals surface area contributed by atoms with E-state index in [-0.39, 0.29) is 16.9 Å². The van der Waals surface area contributed by atoms with Crippen molar-refractivity contribution in [2.45, 2.75) is 0 Å². The van der Waals surface area contributed by atoms with Gasteiger partial charge in [0.1, 0.15) is 5.69 Å². The van der Waals surface area contributed by atoms with Crippen molar-refractivity contribution in [2.75, 3.05) is 7.11 Å². The molecule has 7 nitrogen and oxygen atoms in total. The van der Waals surface area contributed by atoms with Crippen molar-refractivity contribution in [3.8, 4) is 5.69 Å². The molecule has 0 N–H and O–H groups in total. The van der Waals surface area contributed by atoms with Gasteiger partial charge in [0.25, 0.3) is 5.69 Å². The molecule has 1 aromatic carbocycles. The van der Waals surface area contributed by atoms with Crippen LogP contribution in [0.4, 0.5) is 5.69 Å². The SMILES string of the molecule is COC(=O)c1ccc([N+](=O)[O-])c(-n2cccn2)c1. The van der Waals surface area contributed by atoms with E-state index in [2.05, 4.69) is 9.84 Å². The number of ether oxygens (including phenoxy) is 1. The highest BCUT2D eigenvalue weighted by molar-refractivity contribution is 5.90. The number of nitro benzene ring substituents is 1. The number of benzene rings is 1. The molecule has 0 saturated carbocycles. The van der Waals surface area contributed by atoms with E-state index in [0.29, 0.717) is 0 Å². The van der Waals surface area contributed by atoms with Gasteiger partial charge in [-0.05, 0) is 18.2 Å². The standard InChI is InChI=1S/C11H9N3O4/c1-18-11(15)8-3-4-9(14(16)17)10(7-8)13-6-2-5-12-13/h2-7H,1H3. The van der Waals surface area contributed by atoms with Crippen LogP contribution in [-0.4, -0.2) is 27.8 Å². The van der Waals surface area contributed by atoms with Gasteiger partial charge in [0.15, 0.2) is 0 Å². The van der Waals surface area contributed by atoms with Gasteiger partial charge >= 0.3 is 5.97 Å². The maximum Gasteiger partial charge on any atom is 0.337 e. The number of carbonyl (C=O) groups excluding carboxylic acids is 1. The van der Waals surface area contributed by atoms with Crippen LogP contribution < -0.4 is 0 Å². The van der Waals surface area contributed by atoms with E-state index in [1.165, 1.54) is 36.2 Å². The lowest BCUT2D eigenvalue weighted by atomic mass is 10.1. The van der Waals surface area contributed by atoms with Crippen LogP contribution in [0.3, 0.4) is 0 Å². The monoisotopic (exact) mass is 247 g/mol. The number of nitrogens with zero attached hydrogens (tertiary/aromatic N) is 3. The lowest BCUT2D eigenvalue weighted by Gasteiger charge is -2.05. The Balaban J connectivity index is 2.59. The summed E-state index contributed by atoms with van der Waals surface area (Å²) < 4.78 is 5.89. The van der Waals surface area contributed by atoms with E-state index >= 15 is 0 Å². The first kappa shape index (κ1) is 11.8. The van der Waals surface area contributed by atoms with Gasteiger partial charge in [-0.15, -0.1) is 0 Å². The molecule has 0 spiro atoms. The summed E-state index contributed by atoms with van der Waals surface area (Å²) in [5, 5.41) is 14.8. The summed E-state index contributed by atoms with van der Waals surface area (Å²) in [6.45, 7) is 0. The molecule has 0 aliphatic carbocycles. The van der Waals surface area contributed by atoms with Crippen LogP contribution in [0.2, 0.25) is 0 Å². The molecule has 0 atom stereocenters. The van der Waals surface area contributed by atoms with E-state index in [0.717, 1.165) is 0 Å². The zero-order valence-electron chi connectivity index (χ0n) is 9.44. The van der Waals surface area contributed by atoms with Crippen LogP contribution in [0.15, 0.2) is 36.7 Å². The number of esters is 1. The van der Waals surface area contributed by atoms with Crippen molar-refractivity contribution >= 4 is 11.7 Å². The Kier molecular flexibility index (Phi) is 3.05. The fourth-order valence-corrected chi connectivity index (χ4v) is 1.52. The predicted octanol–water partition coefficient (Wildman–Crippen LogP) is 1.57. The maximum absolute atomic E-state index is 11.4. The van der Waals surface area contributed by atoms with Crippen molar-refractivity contribution < 1.29 is 14.5 Å². The molecule has 0 fully saturated rings. The third-order valence-corrected chi connectivity index (χ3v) is 2.34. The van der Waals surface area contributed by atoms with Crippen LogP contribution >= 0.6 is 0 Å². The zero-order valence-corrected chi connectivity index (χ0v) is 9.44. The van der Waals surface area contributed by atoms with Gasteiger partial charge in [0, 0.05) is 18.5 Å². The Morgan fingerprint density at radius 2 is 2.28 bits per heavy atom. The molecule has 0 bridgehead atoms. The van der Waals surface area contributed by atoms with Crippen LogP contribution in [0.25, 0.3) is 5.69 Å². The Morgan fingerprint density at radius 1 is 1.50 bits per heavy atom. The number of rotatable bonds is 3. The third-order valence-electron chi connectivity index (χ3n) is 2.34. The van der Waals surface area contributed by atoms with E-state index in [9.17, 15) is 14.9 Å². The first-order chi connectivity index (χ1) is 8.63. The third kappa shape index (κ3) is 2.05. The number of nitro groups is 1. The van der Waals surface area contributed by atoms with Gasteiger partial charge in [-0.2, -0.15) is 5.10 Å². The first-order valence-electron chi connectivity index (χ1n) is 5.00. The summed E-state index contributed by atoms with van der Waals surface area (Å²) in [6.07, 6.45) is 3.05. The van der Waals surface area contributed by atoms with Crippen LogP contribution in [0.1, 0.15) is 10.4 Å². The van der Waals surface area contributed by atoms with Crippen molar-refractivity contribution in [2.24, 2.45) is 0 Å². The Bertz CT molecular complexity index is 592. The summed E-state index contributed by atoms with van der Waals surface area (Å²) in [7, 11) is 1.25. The second-order valence-corrected chi connectivity index (χ2v) is 3.40. The van der Waals surface area contributed by atoms with Crippen LogP contribution in [0, 0.1) is 10.1 Å². The number of hydrogen-bond donors (Lipinski definition) is 0. The molecule has 0 amide bonds. The predicted molar refractivity (Wildman–Crippen MR) is 61.6 cm³/mol. The second kappa shape index (κ2) is 4.66. The normalized spacial score (nSPS) is 10.1. The minimum absolute atomic E-state index is 0.133. The lowest BCUT2D eigenvalue weighted by molar-refractivity contribution is -0.384. The fraction of sp³-hybridized carbons (Fsp3) is 0.0909. The molecule has 18 heavy (non-hydrogen) atoms. The number of methoxy groups -OCH3 is 1. The van der Waals surface area contributed by atoms with E-state index < -0.39 is 10.9 Å². The van der Waals surface area contributed by atoms with Gasteiger partial charge in [0.2, 0.25) is 0 Å². The minimum atomic E-state index is -0.557. The van der Waals surface area contributed by atoms with Crippen LogP contribution in [0.5, 0.6) is 0 Å². The topological polar surface area (TPSA) is 87.3 Å². The van der Waals surface area contributed by atoms with Crippen molar-refractivity contribution in [1.82, 2.24) is 9.78 Å². The van der Waals surface area contributed by atoms with E-state index in [4.69, 9.17) is 0 Å². The Morgan fingerprint density at radius 3 is 2.83 bits per heavy atom. The average molecular weight is 247 g/mol. The summed E-state index contributed by atoms with van der Waals surface area (Å²) in [6, 6.07) is 5.60. The molecule has 0 unspecified atom stereocenters. The summed E-state index contributed by atoms with van der Waals surface area (Å²) in [5.74, 6) is -0.557. The quantitative estimate of drug-likeness (QED) is 0.466. The average Bonchev–Trinajstić information content (AvgIpc) is 2.90. The summed E-state index contributed by atoms with van der Waals surface area (Å²) in [5.41, 5.74) is 0.313. The number of carbonyl (C=O) groups is 1. The fourth-order valence-electron chi connectivity index (χ4n) is 1.52. The molecule has 0 saturated heterocycles. The van der Waals surface area contributed by atoms with Crippen molar-refractivity contribution in [3.05, 3.63) is 52.3 Å². The highest BCUT2D eigenvalue weighted by Gasteiger charge is 2.18. The first-order valence-corrected chi connectivity index (χ1v) is 5.00. The Hall–Kier alpha value is -2.70. The second-order valence-electron chi connectivity index (χ2n) is 3.40. The maximum atomic E-state index is 11.4. The molecule has 2 aromatic rings. The summed E-state index contributed by atoms with van der Waals surface area (Å²) >= 11 is 0. The molecule has 0 aliphatic rings. The molecular weight excluding hydrogens is 238 g/mol. The van der Waals surface area contributed by atoms with Gasteiger partial charge in [-0.3, -0.25) is 10.1 Å². The smallest absolute Gasteiger partial charge is 0.337 e. The molecule has 7 heteroatoms. The van der Waals surface area contributed by atoms with Crippen molar-refractivity contribution in [3.63, 3.8) is 0 Å². The number of hydrogen-bond acceptors (Lipinski definition) is 5. The Labute approximate surface area is 102 Å². The van der Waals surface area contributed by atoms with Crippen molar-refractivity contribution in [1.29, 1.82) is 0 Å². The molecular formula is C11H9N3O4. The molecule has 92 valence electrons. The van der Waals surface area contributed by atoms with E-state index in [1.807, 2.05) is 0 Å². The van der Waals surface area contributed by atoms with Crippen LogP contribution in [-0.2, 0) is 4.74 Å².